The fourth-order valence-electron chi connectivity index (χ4n) is 4.03. The van der Waals surface area contributed by atoms with Crippen molar-refractivity contribution in [2.24, 2.45) is 5.92 Å². The maximum atomic E-state index is 7.23. The van der Waals surface area contributed by atoms with Crippen molar-refractivity contribution >= 4 is 17.6 Å². The Hall–Kier alpha value is -3.02. The van der Waals surface area contributed by atoms with E-state index in [-0.39, 0.29) is 11.6 Å². The zero-order valence-electron chi connectivity index (χ0n) is 14.7. The van der Waals surface area contributed by atoms with Crippen molar-refractivity contribution in [1.82, 2.24) is 0 Å². The van der Waals surface area contributed by atoms with Crippen LogP contribution in [0.3, 0.4) is 0 Å². The summed E-state index contributed by atoms with van der Waals surface area (Å²) in [6.07, 6.45) is 14.0. The molecular formula is C22H21N3O. The molecule has 0 fully saturated rings. The topological polar surface area (TPSA) is 40.7 Å². The highest BCUT2D eigenvalue weighted by Gasteiger charge is 2.23. The third kappa shape index (κ3) is 3.10. The number of nitrogens with zero attached hydrogens (tertiary/aromatic N) is 2. The number of aryl methyl sites for hydroxylation is 2. The summed E-state index contributed by atoms with van der Waals surface area (Å²) >= 11 is 0. The average molecular weight is 343 g/mol. The first kappa shape index (κ1) is 16.4. The van der Waals surface area contributed by atoms with E-state index in [9.17, 15) is 0 Å². The third-order valence-corrected chi connectivity index (χ3v) is 5.19. The number of nitrogens with one attached hydrogen (secondary N) is 1. The number of rotatable bonds is 3. The molecule has 0 saturated carbocycles. The summed E-state index contributed by atoms with van der Waals surface area (Å²) in [6, 6.07) is 4.59. The van der Waals surface area contributed by atoms with E-state index in [4.69, 9.17) is 16.7 Å². The van der Waals surface area contributed by atoms with Crippen molar-refractivity contribution in [3.8, 4) is 0 Å². The van der Waals surface area contributed by atoms with Gasteiger partial charge in [0.15, 0.2) is 0 Å². The van der Waals surface area contributed by atoms with Crippen LogP contribution in [0.25, 0.3) is 10.9 Å². The van der Waals surface area contributed by atoms with Crippen LogP contribution in [-0.2, 0) is 17.6 Å². The van der Waals surface area contributed by atoms with Crippen LogP contribution < -0.4 is 4.90 Å². The Morgan fingerprint density at radius 1 is 1.23 bits per heavy atom. The van der Waals surface area contributed by atoms with E-state index in [1.165, 1.54) is 48.3 Å². The van der Waals surface area contributed by atoms with Crippen LogP contribution >= 0.6 is 0 Å². The molecule has 0 radical (unpaired) electrons. The second kappa shape index (κ2) is 7.07. The quantitative estimate of drug-likeness (QED) is 0.649. The van der Waals surface area contributed by atoms with Crippen molar-refractivity contribution in [2.75, 3.05) is 18.0 Å². The lowest BCUT2D eigenvalue weighted by atomic mass is 9.90. The van der Waals surface area contributed by atoms with E-state index in [2.05, 4.69) is 33.8 Å². The maximum Gasteiger partial charge on any atom is 0.234 e. The molecule has 3 aliphatic heterocycles. The number of anilines is 1. The Balaban J connectivity index is 1.60. The Bertz CT molecular complexity index is 879. The minimum atomic E-state index is -0.239. The number of allylic oxidation sites excluding steroid dienone is 2. The van der Waals surface area contributed by atoms with Gasteiger partial charge in [-0.25, -0.2) is 4.85 Å². The number of hydrogen-bond donors (Lipinski definition) is 1. The number of ether oxygens (including phenoxy) is 1. The van der Waals surface area contributed by atoms with Gasteiger partial charge in [0.1, 0.15) is 5.76 Å². The lowest BCUT2D eigenvalue weighted by Crippen LogP contribution is -2.34. The molecule has 26 heavy (non-hydrogen) atoms. The SMILES string of the molecule is [C-]#[N+]C(=C=N)C1C=COC(/C=C/c2cc3c4c(c2)CCCN4CCC3)=C1. The molecule has 4 heteroatoms. The summed E-state index contributed by atoms with van der Waals surface area (Å²) in [7, 11) is 0. The second-order valence-corrected chi connectivity index (χ2v) is 6.88. The van der Waals surface area contributed by atoms with Gasteiger partial charge in [-0.1, -0.05) is 6.08 Å². The van der Waals surface area contributed by atoms with Crippen molar-refractivity contribution in [2.45, 2.75) is 25.7 Å². The summed E-state index contributed by atoms with van der Waals surface area (Å²) in [5, 5.41) is 7.23. The first-order valence-electron chi connectivity index (χ1n) is 9.09. The van der Waals surface area contributed by atoms with Gasteiger partial charge in [0, 0.05) is 24.7 Å². The van der Waals surface area contributed by atoms with Crippen LogP contribution in [-0.4, -0.2) is 19.0 Å². The maximum absolute atomic E-state index is 7.23. The van der Waals surface area contributed by atoms with Crippen LogP contribution in [0.15, 0.2) is 48.1 Å². The first-order chi connectivity index (χ1) is 12.8. The molecule has 4 nitrogen and oxygen atoms in total. The molecule has 1 aromatic rings. The molecule has 0 aromatic heterocycles. The van der Waals surface area contributed by atoms with E-state index >= 15 is 0 Å². The molecule has 1 atom stereocenters. The molecule has 0 bridgehead atoms. The highest BCUT2D eigenvalue weighted by atomic mass is 16.5. The van der Waals surface area contributed by atoms with Gasteiger partial charge in [-0.15, -0.1) is 0 Å². The zero-order valence-corrected chi connectivity index (χ0v) is 14.7. The predicted molar refractivity (Wildman–Crippen MR) is 104 cm³/mol. The standard InChI is InChI=1S/C22H21N3O/c1-24-21(15-23)17-8-11-26-20(14-17)7-6-16-12-18-4-2-9-25-10-3-5-19(13-16)22(18)25/h6-8,11-14,17,23H,2-5,9-10H2/b7-6+. The highest BCUT2D eigenvalue weighted by Crippen LogP contribution is 2.36. The lowest BCUT2D eigenvalue weighted by molar-refractivity contribution is 0.354. The van der Waals surface area contributed by atoms with Gasteiger partial charge in [-0.3, -0.25) is 5.41 Å². The fourth-order valence-corrected chi connectivity index (χ4v) is 4.03. The van der Waals surface area contributed by atoms with Crippen LogP contribution in [0.1, 0.15) is 29.5 Å². The summed E-state index contributed by atoms with van der Waals surface area (Å²) in [5.74, 6) is 2.66. The molecule has 0 aliphatic carbocycles. The van der Waals surface area contributed by atoms with Gasteiger partial charge in [0.2, 0.25) is 5.70 Å². The minimum absolute atomic E-state index is 0.239. The highest BCUT2D eigenvalue weighted by molar-refractivity contribution is 5.68. The molecule has 1 unspecified atom stereocenters. The summed E-state index contributed by atoms with van der Waals surface area (Å²) in [6.45, 7) is 9.51. The van der Waals surface area contributed by atoms with E-state index < -0.39 is 0 Å². The normalized spacial score (nSPS) is 20.7. The fraction of sp³-hybridized carbons (Fsp3) is 0.318. The molecular weight excluding hydrogens is 322 g/mol. The number of hydrogen-bond acceptors (Lipinski definition) is 3. The van der Waals surface area contributed by atoms with Crippen molar-refractivity contribution in [3.63, 3.8) is 0 Å². The van der Waals surface area contributed by atoms with Crippen LogP contribution in [0, 0.1) is 17.9 Å². The number of benzene rings is 1. The minimum Gasteiger partial charge on any atom is -0.466 e. The summed E-state index contributed by atoms with van der Waals surface area (Å²) in [5.41, 5.74) is 5.88. The predicted octanol–water partition coefficient (Wildman–Crippen LogP) is 4.49. The van der Waals surface area contributed by atoms with Gasteiger partial charge < -0.3 is 9.64 Å². The first-order valence-corrected chi connectivity index (χ1v) is 9.09. The third-order valence-electron chi connectivity index (χ3n) is 5.19. The lowest BCUT2D eigenvalue weighted by Gasteiger charge is -2.37. The van der Waals surface area contributed by atoms with Crippen molar-refractivity contribution in [1.29, 1.82) is 5.41 Å². The Morgan fingerprint density at radius 3 is 2.62 bits per heavy atom. The smallest absolute Gasteiger partial charge is 0.234 e. The van der Waals surface area contributed by atoms with Crippen molar-refractivity contribution in [3.05, 3.63) is 76.2 Å². The van der Waals surface area contributed by atoms with Gasteiger partial charge in [-0.05, 0) is 78.6 Å². The molecule has 0 amide bonds. The van der Waals surface area contributed by atoms with Crippen molar-refractivity contribution < 1.29 is 4.74 Å². The monoisotopic (exact) mass is 343 g/mol. The van der Waals surface area contributed by atoms with E-state index in [0.29, 0.717) is 5.76 Å². The van der Waals surface area contributed by atoms with Gasteiger partial charge in [-0.2, -0.15) is 0 Å². The second-order valence-electron chi connectivity index (χ2n) is 6.88. The Kier molecular flexibility index (Phi) is 4.48. The molecule has 1 aromatic carbocycles. The molecule has 3 heterocycles. The van der Waals surface area contributed by atoms with Gasteiger partial charge in [0.05, 0.1) is 12.8 Å². The summed E-state index contributed by atoms with van der Waals surface area (Å²) in [4.78, 5) is 5.90. The molecule has 3 aliphatic rings. The average Bonchev–Trinajstić information content (AvgIpc) is 2.68. The molecule has 1 N–H and O–H groups in total. The van der Waals surface area contributed by atoms with E-state index in [1.807, 2.05) is 12.2 Å². The molecule has 4 rings (SSSR count). The van der Waals surface area contributed by atoms with Crippen LogP contribution in [0.4, 0.5) is 5.69 Å². The van der Waals surface area contributed by atoms with Crippen LogP contribution in [0.5, 0.6) is 0 Å². The Morgan fingerprint density at radius 2 is 1.96 bits per heavy atom. The zero-order chi connectivity index (χ0) is 17.9. The van der Waals surface area contributed by atoms with E-state index in [0.717, 1.165) is 12.8 Å². The summed E-state index contributed by atoms with van der Waals surface area (Å²) < 4.78 is 5.55. The van der Waals surface area contributed by atoms with E-state index in [1.54, 1.807) is 12.3 Å². The molecule has 0 spiro atoms. The Labute approximate surface area is 154 Å². The van der Waals surface area contributed by atoms with Gasteiger partial charge >= 0.3 is 0 Å². The molecule has 0 saturated heterocycles. The van der Waals surface area contributed by atoms with Crippen LogP contribution in [0.2, 0.25) is 0 Å². The molecule has 130 valence electrons. The largest absolute Gasteiger partial charge is 0.466 e. The van der Waals surface area contributed by atoms with Gasteiger partial charge in [0.25, 0.3) is 0 Å².